The van der Waals surface area contributed by atoms with Gasteiger partial charge in [0.05, 0.1) is 17.5 Å². The smallest absolute Gasteiger partial charge is 0.235 e. The highest BCUT2D eigenvalue weighted by Gasteiger charge is 2.69. The molecule has 0 radical (unpaired) electrons. The van der Waals surface area contributed by atoms with Crippen LogP contribution in [-0.2, 0) is 32.1 Å². The molecule has 5 rings (SSSR count). The van der Waals surface area contributed by atoms with E-state index >= 15 is 0 Å². The van der Waals surface area contributed by atoms with Crippen molar-refractivity contribution in [2.75, 3.05) is 38.4 Å². The summed E-state index contributed by atoms with van der Waals surface area (Å²) in [6.45, 7) is 0.191. The van der Waals surface area contributed by atoms with Crippen LogP contribution in [0.2, 0.25) is 0 Å². The fourth-order valence-corrected chi connectivity index (χ4v) is 6.99. The fraction of sp³-hybridized carbons (Fsp3) is 0.433. The number of carbonyl (C=O) groups is 5. The maximum absolute atomic E-state index is 14.1. The summed E-state index contributed by atoms with van der Waals surface area (Å²) in [5.74, 6) is -10.6. The normalized spacial score (nSPS) is 29.1. The Bertz CT molecular complexity index is 1470. The summed E-state index contributed by atoms with van der Waals surface area (Å²) in [4.78, 5) is 70.2. The maximum Gasteiger partial charge on any atom is 0.235 e. The number of fused-ring (bicyclic) bond motifs is 3. The lowest BCUT2D eigenvalue weighted by Gasteiger charge is -2.52. The van der Waals surface area contributed by atoms with Crippen LogP contribution >= 0.6 is 0 Å². The molecule has 2 aromatic rings. The van der Waals surface area contributed by atoms with E-state index in [0.717, 1.165) is 5.69 Å². The first-order chi connectivity index (χ1) is 19.3. The minimum absolute atomic E-state index is 0.00877. The number of para-hydroxylation sites is 1. The number of carbonyl (C=O) groups excluding carboxylic acids is 5. The zero-order valence-electron chi connectivity index (χ0n) is 23.4. The lowest BCUT2D eigenvalue weighted by Crippen LogP contribution is -2.74. The van der Waals surface area contributed by atoms with Crippen LogP contribution in [0.1, 0.15) is 27.9 Å². The van der Waals surface area contributed by atoms with Crippen molar-refractivity contribution in [3.63, 3.8) is 0 Å². The van der Waals surface area contributed by atoms with Crippen molar-refractivity contribution in [2.24, 2.45) is 29.4 Å². The summed E-state index contributed by atoms with van der Waals surface area (Å²) in [6.07, 6.45) is 0.216. The number of primary amides is 1. The van der Waals surface area contributed by atoms with Gasteiger partial charge in [0.2, 0.25) is 5.91 Å². The maximum atomic E-state index is 14.1. The van der Waals surface area contributed by atoms with Crippen molar-refractivity contribution in [1.29, 1.82) is 0 Å². The summed E-state index contributed by atoms with van der Waals surface area (Å²) < 4.78 is 0. The number of ketones is 4. The predicted molar refractivity (Wildman–Crippen MR) is 149 cm³/mol. The standard InChI is InChI=1S/C30H34N4O7/c1-33(2)19-12-15(13-32-16-8-6-5-7-9-16)24(35)21-17(19)10-14-11-18-23(34(3)4)26(37)22(29(31)40)28(39)30(18,41)27(38)20(14)25(21)36/h5-9,12,14,18,20,22-23,32,35,41H,10-11,13H2,1-4H3,(H2,31,40)/t14-,18-,20?,22?,23-,30-/m0/s1. The van der Waals surface area contributed by atoms with E-state index in [1.807, 2.05) is 49.3 Å². The van der Waals surface area contributed by atoms with Gasteiger partial charge in [-0.2, -0.15) is 0 Å². The van der Waals surface area contributed by atoms with Crippen molar-refractivity contribution >= 4 is 40.4 Å². The second kappa shape index (κ2) is 10.1. The molecule has 0 saturated heterocycles. The minimum Gasteiger partial charge on any atom is -0.507 e. The van der Waals surface area contributed by atoms with E-state index in [0.29, 0.717) is 16.8 Å². The molecular weight excluding hydrogens is 528 g/mol. The van der Waals surface area contributed by atoms with Crippen molar-refractivity contribution in [3.8, 4) is 5.75 Å². The number of rotatable bonds is 6. The largest absolute Gasteiger partial charge is 0.507 e. The van der Waals surface area contributed by atoms with Gasteiger partial charge in [0, 0.05) is 43.5 Å². The van der Waals surface area contributed by atoms with Gasteiger partial charge in [0.25, 0.3) is 0 Å². The van der Waals surface area contributed by atoms with Crippen molar-refractivity contribution in [2.45, 2.75) is 31.0 Å². The molecule has 216 valence electrons. The highest BCUT2D eigenvalue weighted by atomic mass is 16.3. The first kappa shape index (κ1) is 28.4. The topological polar surface area (TPSA) is 170 Å². The van der Waals surface area contributed by atoms with Crippen molar-refractivity contribution in [1.82, 2.24) is 4.90 Å². The van der Waals surface area contributed by atoms with Crippen LogP contribution in [0.15, 0.2) is 36.4 Å². The zero-order valence-corrected chi connectivity index (χ0v) is 23.4. The quantitative estimate of drug-likeness (QED) is 0.365. The zero-order chi connectivity index (χ0) is 30.0. The lowest BCUT2D eigenvalue weighted by molar-refractivity contribution is -0.181. The van der Waals surface area contributed by atoms with E-state index in [2.05, 4.69) is 5.32 Å². The van der Waals surface area contributed by atoms with Crippen molar-refractivity contribution in [3.05, 3.63) is 53.1 Å². The third-order valence-corrected chi connectivity index (χ3v) is 8.86. The van der Waals surface area contributed by atoms with Crippen LogP contribution in [0.5, 0.6) is 5.75 Å². The minimum atomic E-state index is -2.75. The van der Waals surface area contributed by atoms with Gasteiger partial charge in [-0.25, -0.2) is 0 Å². The van der Waals surface area contributed by atoms with Gasteiger partial charge in [-0.15, -0.1) is 0 Å². The lowest BCUT2D eigenvalue weighted by atomic mass is 9.52. The number of hydrogen-bond acceptors (Lipinski definition) is 10. The highest BCUT2D eigenvalue weighted by molar-refractivity contribution is 6.32. The van der Waals surface area contributed by atoms with E-state index in [-0.39, 0.29) is 30.7 Å². The summed E-state index contributed by atoms with van der Waals surface area (Å²) in [7, 11) is 6.74. The molecule has 11 nitrogen and oxygen atoms in total. The molecule has 0 aliphatic heterocycles. The molecule has 2 unspecified atom stereocenters. The van der Waals surface area contributed by atoms with Crippen LogP contribution in [0.4, 0.5) is 11.4 Å². The summed E-state index contributed by atoms with van der Waals surface area (Å²) >= 11 is 0. The molecule has 2 fully saturated rings. The molecule has 0 heterocycles. The summed E-state index contributed by atoms with van der Waals surface area (Å²) in [5, 5.41) is 26.3. The Hall–Kier alpha value is -4.09. The number of nitrogens with zero attached hydrogens (tertiary/aromatic N) is 2. The van der Waals surface area contributed by atoms with E-state index in [4.69, 9.17) is 5.73 Å². The SMILES string of the molecule is CN(C)c1cc(CNc2ccccc2)c(O)c2c1C[C@H]1C[C@H]3[C@H](N(C)C)C(=O)C(C(N)=O)C(=O)[C@@]3(O)C(=O)C1C2=O. The first-order valence-corrected chi connectivity index (χ1v) is 13.5. The molecule has 3 aliphatic rings. The Morgan fingerprint density at radius 1 is 1.07 bits per heavy atom. The third kappa shape index (κ3) is 4.22. The van der Waals surface area contributed by atoms with Gasteiger partial charge in [0.1, 0.15) is 5.75 Å². The predicted octanol–water partition coefficient (Wildman–Crippen LogP) is 0.545. The molecular formula is C30H34N4O7. The number of aliphatic hydroxyl groups is 1. The Morgan fingerprint density at radius 2 is 1.73 bits per heavy atom. The summed E-state index contributed by atoms with van der Waals surface area (Å²) in [6, 6.07) is 9.99. The first-order valence-electron chi connectivity index (χ1n) is 13.5. The molecule has 6 atom stereocenters. The molecule has 2 saturated carbocycles. The molecule has 11 heteroatoms. The number of phenolic OH excluding ortho intramolecular Hbond substituents is 1. The summed E-state index contributed by atoms with van der Waals surface area (Å²) in [5.41, 5.74) is 5.11. The molecule has 2 aromatic carbocycles. The Labute approximate surface area is 237 Å². The average Bonchev–Trinajstić information content (AvgIpc) is 2.90. The van der Waals surface area contributed by atoms with Crippen LogP contribution < -0.4 is 16.0 Å². The van der Waals surface area contributed by atoms with E-state index in [1.165, 1.54) is 4.90 Å². The molecule has 5 N–H and O–H groups in total. The second-order valence-corrected chi connectivity index (χ2v) is 11.7. The van der Waals surface area contributed by atoms with Gasteiger partial charge in [-0.1, -0.05) is 18.2 Å². The number of aromatic hydroxyl groups is 1. The monoisotopic (exact) mass is 562 g/mol. The van der Waals surface area contributed by atoms with Gasteiger partial charge in [0.15, 0.2) is 34.7 Å². The Morgan fingerprint density at radius 3 is 2.32 bits per heavy atom. The number of nitrogens with two attached hydrogens (primary N) is 1. The number of amides is 1. The van der Waals surface area contributed by atoms with Crippen LogP contribution in [-0.4, -0.2) is 84.0 Å². The number of Topliss-reactive ketones (excluding diaryl/α,β-unsaturated/α-hetero) is 4. The van der Waals surface area contributed by atoms with Gasteiger partial charge >= 0.3 is 0 Å². The van der Waals surface area contributed by atoms with Crippen molar-refractivity contribution < 1.29 is 34.2 Å². The number of benzene rings is 2. The van der Waals surface area contributed by atoms with Gasteiger partial charge < -0.3 is 26.2 Å². The molecule has 0 spiro atoms. The molecule has 1 amide bonds. The van der Waals surface area contributed by atoms with E-state index in [1.54, 1.807) is 20.2 Å². The molecule has 41 heavy (non-hydrogen) atoms. The number of anilines is 2. The molecule has 3 aliphatic carbocycles. The molecule has 0 aromatic heterocycles. The number of phenols is 1. The molecule has 0 bridgehead atoms. The number of hydrogen-bond donors (Lipinski definition) is 4. The third-order valence-electron chi connectivity index (χ3n) is 8.86. The Balaban J connectivity index is 1.60. The highest BCUT2D eigenvalue weighted by Crippen LogP contribution is 2.52. The van der Waals surface area contributed by atoms with Gasteiger partial charge in [-0.05, 0) is 56.6 Å². The van der Waals surface area contributed by atoms with Crippen LogP contribution in [0.3, 0.4) is 0 Å². The van der Waals surface area contributed by atoms with E-state index < -0.39 is 64.4 Å². The Kier molecular flexibility index (Phi) is 6.99. The van der Waals surface area contributed by atoms with Crippen LogP contribution in [0.25, 0.3) is 0 Å². The average molecular weight is 563 g/mol. The van der Waals surface area contributed by atoms with Crippen LogP contribution in [0, 0.1) is 23.7 Å². The second-order valence-electron chi connectivity index (χ2n) is 11.7. The fourth-order valence-electron chi connectivity index (χ4n) is 6.99. The van der Waals surface area contributed by atoms with Gasteiger partial charge in [-0.3, -0.25) is 28.9 Å². The number of nitrogens with one attached hydrogen (secondary N) is 1. The number of likely N-dealkylation sites (N-methyl/N-ethyl adjacent to an activating group) is 1. The van der Waals surface area contributed by atoms with E-state index in [9.17, 15) is 34.2 Å².